The van der Waals surface area contributed by atoms with E-state index in [2.05, 4.69) is 47.5 Å². The summed E-state index contributed by atoms with van der Waals surface area (Å²) >= 11 is 0. The number of rotatable bonds is 9. The lowest BCUT2D eigenvalue weighted by Gasteiger charge is -2.20. The fourth-order valence-corrected chi connectivity index (χ4v) is 3.03. The molecule has 1 aliphatic rings. The summed E-state index contributed by atoms with van der Waals surface area (Å²) < 4.78 is 0. The summed E-state index contributed by atoms with van der Waals surface area (Å²) in [7, 11) is 0. The van der Waals surface area contributed by atoms with Gasteiger partial charge in [0.25, 0.3) is 0 Å². The maximum absolute atomic E-state index is 12.0. The molecule has 0 atom stereocenters. The maximum atomic E-state index is 12.0. The van der Waals surface area contributed by atoms with Gasteiger partial charge in [0, 0.05) is 26.1 Å². The normalized spacial score (nSPS) is 14.6. The first-order valence-electron chi connectivity index (χ1n) is 8.99. The third-order valence-corrected chi connectivity index (χ3v) is 4.50. The molecule has 126 valence electrons. The lowest BCUT2D eigenvalue weighted by Crippen LogP contribution is -2.31. The molecule has 1 amide bonds. The summed E-state index contributed by atoms with van der Waals surface area (Å²) in [6.45, 7) is 5.64. The molecule has 0 aromatic heterocycles. The minimum absolute atomic E-state index is 0.174. The Morgan fingerprint density at radius 2 is 2.04 bits per heavy atom. The van der Waals surface area contributed by atoms with Crippen LogP contribution in [0, 0.1) is 0 Å². The van der Waals surface area contributed by atoms with Gasteiger partial charge in [0.2, 0.25) is 5.91 Å². The summed E-state index contributed by atoms with van der Waals surface area (Å²) in [6.07, 6.45) is 9.03. The van der Waals surface area contributed by atoms with Gasteiger partial charge in [-0.1, -0.05) is 48.9 Å². The van der Waals surface area contributed by atoms with Crippen LogP contribution in [-0.2, 0) is 11.3 Å². The average molecular weight is 314 g/mol. The average Bonchev–Trinajstić information content (AvgIpc) is 2.60. The second-order valence-electron chi connectivity index (χ2n) is 6.31. The van der Waals surface area contributed by atoms with Gasteiger partial charge in [-0.3, -0.25) is 9.69 Å². The van der Waals surface area contributed by atoms with Crippen LogP contribution in [0.4, 0.5) is 0 Å². The number of carbonyl (C=O) groups excluding carboxylic acids is 1. The van der Waals surface area contributed by atoms with E-state index in [1.807, 2.05) is 6.07 Å². The Balaban J connectivity index is 1.63. The van der Waals surface area contributed by atoms with Crippen molar-refractivity contribution in [2.24, 2.45) is 0 Å². The van der Waals surface area contributed by atoms with Crippen molar-refractivity contribution in [1.29, 1.82) is 0 Å². The molecule has 0 saturated heterocycles. The molecular formula is C20H30N2O. The monoisotopic (exact) mass is 314 g/mol. The Labute approximate surface area is 140 Å². The predicted octanol–water partition coefficient (Wildman–Crippen LogP) is 3.91. The first kappa shape index (κ1) is 17.7. The number of carbonyl (C=O) groups is 1. The van der Waals surface area contributed by atoms with Crippen molar-refractivity contribution < 1.29 is 4.79 Å². The number of amides is 1. The lowest BCUT2D eigenvalue weighted by molar-refractivity contribution is -0.121. The first-order chi connectivity index (χ1) is 11.3. The summed E-state index contributed by atoms with van der Waals surface area (Å²) in [5.74, 6) is 0.174. The van der Waals surface area contributed by atoms with Crippen molar-refractivity contribution in [2.45, 2.75) is 52.0 Å². The van der Waals surface area contributed by atoms with E-state index in [1.54, 1.807) is 0 Å². The number of nitrogens with one attached hydrogen (secondary N) is 1. The van der Waals surface area contributed by atoms with E-state index < -0.39 is 0 Å². The van der Waals surface area contributed by atoms with E-state index >= 15 is 0 Å². The Morgan fingerprint density at radius 3 is 2.74 bits per heavy atom. The highest BCUT2D eigenvalue weighted by atomic mass is 16.1. The number of benzene rings is 1. The third kappa shape index (κ3) is 7.00. The molecule has 0 heterocycles. The van der Waals surface area contributed by atoms with Crippen molar-refractivity contribution >= 4 is 5.91 Å². The van der Waals surface area contributed by atoms with Crippen molar-refractivity contribution in [3.63, 3.8) is 0 Å². The van der Waals surface area contributed by atoms with E-state index in [1.165, 1.54) is 36.8 Å². The van der Waals surface area contributed by atoms with Crippen LogP contribution in [0.1, 0.15) is 51.0 Å². The summed E-state index contributed by atoms with van der Waals surface area (Å²) in [4.78, 5) is 14.3. The number of hydrogen-bond donors (Lipinski definition) is 1. The fraction of sp³-hybridized carbons (Fsp3) is 0.550. The Bertz CT molecular complexity index is 496. The van der Waals surface area contributed by atoms with Crippen LogP contribution >= 0.6 is 0 Å². The Morgan fingerprint density at radius 1 is 1.22 bits per heavy atom. The highest BCUT2D eigenvalue weighted by Crippen LogP contribution is 2.19. The van der Waals surface area contributed by atoms with Crippen molar-refractivity contribution in [3.8, 4) is 0 Å². The zero-order valence-electron chi connectivity index (χ0n) is 14.4. The van der Waals surface area contributed by atoms with Crippen LogP contribution < -0.4 is 5.32 Å². The van der Waals surface area contributed by atoms with Crippen molar-refractivity contribution in [1.82, 2.24) is 10.2 Å². The molecule has 1 N–H and O–H groups in total. The van der Waals surface area contributed by atoms with Gasteiger partial charge in [0.05, 0.1) is 0 Å². The summed E-state index contributed by atoms with van der Waals surface area (Å²) in [5.41, 5.74) is 2.83. The fourth-order valence-electron chi connectivity index (χ4n) is 3.03. The van der Waals surface area contributed by atoms with Gasteiger partial charge in [-0.2, -0.15) is 0 Å². The quantitative estimate of drug-likeness (QED) is 0.701. The zero-order valence-corrected chi connectivity index (χ0v) is 14.4. The molecule has 0 unspecified atom stereocenters. The van der Waals surface area contributed by atoms with Crippen LogP contribution in [0.25, 0.3) is 0 Å². The molecular weight excluding hydrogens is 284 g/mol. The van der Waals surface area contributed by atoms with Crippen molar-refractivity contribution in [2.75, 3.05) is 19.6 Å². The highest BCUT2D eigenvalue weighted by Gasteiger charge is 2.08. The molecule has 23 heavy (non-hydrogen) atoms. The second-order valence-corrected chi connectivity index (χ2v) is 6.31. The molecule has 0 radical (unpaired) electrons. The standard InChI is InChI=1S/C20H30N2O/c1-2-22(17-19-11-7-4-8-12-19)16-14-20(23)21-15-13-18-9-5-3-6-10-18/h4,7-9,11-12H,2-3,5-6,10,13-17H2,1H3,(H,21,23). The SMILES string of the molecule is CCN(CCC(=O)NCCC1=CCCCC1)Cc1ccccc1. The second kappa shape index (κ2) is 10.2. The van der Waals surface area contributed by atoms with Gasteiger partial charge < -0.3 is 5.32 Å². The van der Waals surface area contributed by atoms with E-state index in [0.29, 0.717) is 6.42 Å². The molecule has 3 nitrogen and oxygen atoms in total. The van der Waals surface area contributed by atoms with E-state index in [-0.39, 0.29) is 5.91 Å². The lowest BCUT2D eigenvalue weighted by atomic mass is 9.97. The highest BCUT2D eigenvalue weighted by molar-refractivity contribution is 5.76. The maximum Gasteiger partial charge on any atom is 0.221 e. The van der Waals surface area contributed by atoms with Crippen LogP contribution in [0.15, 0.2) is 42.0 Å². The first-order valence-corrected chi connectivity index (χ1v) is 8.99. The third-order valence-electron chi connectivity index (χ3n) is 4.50. The molecule has 0 saturated carbocycles. The minimum Gasteiger partial charge on any atom is -0.356 e. The van der Waals surface area contributed by atoms with Crippen LogP contribution in [0.3, 0.4) is 0 Å². The molecule has 0 aliphatic heterocycles. The van der Waals surface area contributed by atoms with Gasteiger partial charge in [-0.25, -0.2) is 0 Å². The molecule has 3 heteroatoms. The van der Waals surface area contributed by atoms with Gasteiger partial charge in [0.15, 0.2) is 0 Å². The molecule has 1 aromatic carbocycles. The zero-order chi connectivity index (χ0) is 16.3. The largest absolute Gasteiger partial charge is 0.356 e. The summed E-state index contributed by atoms with van der Waals surface area (Å²) in [5, 5.41) is 3.07. The number of allylic oxidation sites excluding steroid dienone is 1. The van der Waals surface area contributed by atoms with Gasteiger partial charge in [-0.15, -0.1) is 0 Å². The molecule has 0 fully saturated rings. The molecule has 0 spiro atoms. The van der Waals surface area contributed by atoms with Gasteiger partial charge >= 0.3 is 0 Å². The van der Waals surface area contributed by atoms with Crippen LogP contribution in [0.5, 0.6) is 0 Å². The number of hydrogen-bond acceptors (Lipinski definition) is 2. The summed E-state index contributed by atoms with van der Waals surface area (Å²) in [6, 6.07) is 10.4. The van der Waals surface area contributed by atoms with Gasteiger partial charge in [0.1, 0.15) is 0 Å². The smallest absolute Gasteiger partial charge is 0.221 e. The van der Waals surface area contributed by atoms with E-state index in [9.17, 15) is 4.79 Å². The van der Waals surface area contributed by atoms with Crippen molar-refractivity contribution in [3.05, 3.63) is 47.5 Å². The molecule has 0 bridgehead atoms. The number of nitrogens with zero attached hydrogens (tertiary/aromatic N) is 1. The topological polar surface area (TPSA) is 32.3 Å². The van der Waals surface area contributed by atoms with Crippen LogP contribution in [0.2, 0.25) is 0 Å². The van der Waals surface area contributed by atoms with E-state index in [4.69, 9.17) is 0 Å². The minimum atomic E-state index is 0.174. The molecule has 1 aliphatic carbocycles. The molecule has 2 rings (SSSR count). The van der Waals surface area contributed by atoms with E-state index in [0.717, 1.165) is 32.6 Å². The van der Waals surface area contributed by atoms with Crippen LogP contribution in [-0.4, -0.2) is 30.4 Å². The predicted molar refractivity (Wildman–Crippen MR) is 96.2 cm³/mol. The Hall–Kier alpha value is -1.61. The Kier molecular flexibility index (Phi) is 7.88. The molecule has 1 aromatic rings. The van der Waals surface area contributed by atoms with Gasteiger partial charge in [-0.05, 0) is 44.2 Å².